The summed E-state index contributed by atoms with van der Waals surface area (Å²) in [6.07, 6.45) is 4.54. The Kier molecular flexibility index (Phi) is 5.93. The smallest absolute Gasteiger partial charge is 0.0448 e. The molecule has 1 aliphatic rings. The standard InChI is InChI=1S/C13H18BrNO.ClH/c14-12-5-2-1-4-11(12)10-15-13(8-9-16)6-3-7-13;/h1-2,4-5,15-16H,3,6-10H2;1H. The van der Waals surface area contributed by atoms with E-state index in [1.807, 2.05) is 6.07 Å². The van der Waals surface area contributed by atoms with Crippen LogP contribution < -0.4 is 5.32 Å². The van der Waals surface area contributed by atoms with Crippen molar-refractivity contribution in [2.75, 3.05) is 6.61 Å². The van der Waals surface area contributed by atoms with Gasteiger partial charge in [-0.2, -0.15) is 0 Å². The molecule has 0 atom stereocenters. The van der Waals surface area contributed by atoms with Gasteiger partial charge in [-0.05, 0) is 37.3 Å². The summed E-state index contributed by atoms with van der Waals surface area (Å²) in [6, 6.07) is 8.28. The minimum absolute atomic E-state index is 0. The van der Waals surface area contributed by atoms with E-state index in [2.05, 4.69) is 39.4 Å². The first-order valence-corrected chi connectivity index (χ1v) is 6.64. The summed E-state index contributed by atoms with van der Waals surface area (Å²) in [6.45, 7) is 1.16. The van der Waals surface area contributed by atoms with Crippen LogP contribution in [0.3, 0.4) is 0 Å². The third-order valence-electron chi connectivity index (χ3n) is 3.51. The molecule has 1 fully saturated rings. The van der Waals surface area contributed by atoms with Crippen molar-refractivity contribution >= 4 is 28.3 Å². The third kappa shape index (κ3) is 3.68. The third-order valence-corrected chi connectivity index (χ3v) is 4.29. The highest BCUT2D eigenvalue weighted by molar-refractivity contribution is 9.10. The summed E-state index contributed by atoms with van der Waals surface area (Å²) in [5.74, 6) is 0. The van der Waals surface area contributed by atoms with Crippen LogP contribution in [-0.4, -0.2) is 17.3 Å². The second kappa shape index (κ2) is 6.74. The first kappa shape index (κ1) is 15.0. The zero-order valence-corrected chi connectivity index (χ0v) is 12.2. The van der Waals surface area contributed by atoms with Crippen LogP contribution >= 0.6 is 28.3 Å². The van der Waals surface area contributed by atoms with Crippen molar-refractivity contribution < 1.29 is 5.11 Å². The van der Waals surface area contributed by atoms with Crippen LogP contribution in [0, 0.1) is 0 Å². The number of halogens is 2. The highest BCUT2D eigenvalue weighted by atomic mass is 79.9. The fraction of sp³-hybridized carbons (Fsp3) is 0.538. The minimum Gasteiger partial charge on any atom is -0.396 e. The first-order chi connectivity index (χ1) is 7.76. The molecule has 17 heavy (non-hydrogen) atoms. The molecule has 0 bridgehead atoms. The van der Waals surface area contributed by atoms with Gasteiger partial charge < -0.3 is 10.4 Å². The molecular formula is C13H19BrClNO. The van der Waals surface area contributed by atoms with Crippen LogP contribution in [0.1, 0.15) is 31.2 Å². The second-order valence-electron chi connectivity index (χ2n) is 4.55. The van der Waals surface area contributed by atoms with Crippen molar-refractivity contribution in [3.63, 3.8) is 0 Å². The molecule has 0 amide bonds. The lowest BCUT2D eigenvalue weighted by Crippen LogP contribution is -2.51. The lowest BCUT2D eigenvalue weighted by Gasteiger charge is -2.42. The molecule has 2 rings (SSSR count). The van der Waals surface area contributed by atoms with E-state index in [1.54, 1.807) is 0 Å². The summed E-state index contributed by atoms with van der Waals surface area (Å²) in [7, 11) is 0. The van der Waals surface area contributed by atoms with Gasteiger partial charge in [0.2, 0.25) is 0 Å². The van der Waals surface area contributed by atoms with E-state index < -0.39 is 0 Å². The van der Waals surface area contributed by atoms with Gasteiger partial charge in [0.25, 0.3) is 0 Å². The van der Waals surface area contributed by atoms with Crippen LogP contribution in [0.2, 0.25) is 0 Å². The molecule has 0 spiro atoms. The molecule has 96 valence electrons. The average molecular weight is 321 g/mol. The fourth-order valence-corrected chi connectivity index (χ4v) is 2.68. The quantitative estimate of drug-likeness (QED) is 0.873. The maximum Gasteiger partial charge on any atom is 0.0448 e. The van der Waals surface area contributed by atoms with Crippen molar-refractivity contribution in [1.29, 1.82) is 0 Å². The van der Waals surface area contributed by atoms with Gasteiger partial charge in [-0.3, -0.25) is 0 Å². The van der Waals surface area contributed by atoms with Gasteiger partial charge in [-0.15, -0.1) is 12.4 Å². The van der Waals surface area contributed by atoms with E-state index in [9.17, 15) is 0 Å². The summed E-state index contributed by atoms with van der Waals surface area (Å²) >= 11 is 3.55. The van der Waals surface area contributed by atoms with Crippen molar-refractivity contribution in [3.8, 4) is 0 Å². The van der Waals surface area contributed by atoms with E-state index in [4.69, 9.17) is 5.11 Å². The van der Waals surface area contributed by atoms with E-state index in [0.717, 1.165) is 17.4 Å². The maximum absolute atomic E-state index is 9.07. The van der Waals surface area contributed by atoms with Gasteiger partial charge in [-0.1, -0.05) is 34.1 Å². The number of rotatable bonds is 5. The SMILES string of the molecule is Cl.OCCC1(NCc2ccccc2Br)CCC1. The van der Waals surface area contributed by atoms with Gasteiger partial charge >= 0.3 is 0 Å². The Morgan fingerprint density at radius 3 is 2.53 bits per heavy atom. The molecule has 1 aliphatic carbocycles. The van der Waals surface area contributed by atoms with Crippen LogP contribution in [-0.2, 0) is 6.54 Å². The Bertz CT molecular complexity index is 355. The molecule has 2 nitrogen and oxygen atoms in total. The van der Waals surface area contributed by atoms with E-state index in [-0.39, 0.29) is 24.6 Å². The average Bonchev–Trinajstić information content (AvgIpc) is 2.24. The number of aliphatic hydroxyl groups is 1. The molecular weight excluding hydrogens is 302 g/mol. The van der Waals surface area contributed by atoms with Gasteiger partial charge in [-0.25, -0.2) is 0 Å². The second-order valence-corrected chi connectivity index (χ2v) is 5.41. The number of hydrogen-bond acceptors (Lipinski definition) is 2. The minimum atomic E-state index is 0. The lowest BCUT2D eigenvalue weighted by molar-refractivity contribution is 0.130. The Balaban J connectivity index is 0.00000144. The van der Waals surface area contributed by atoms with Crippen molar-refractivity contribution in [2.24, 2.45) is 0 Å². The van der Waals surface area contributed by atoms with Gasteiger partial charge in [0.15, 0.2) is 0 Å². The highest BCUT2D eigenvalue weighted by Gasteiger charge is 2.35. The summed E-state index contributed by atoms with van der Waals surface area (Å²) in [5, 5.41) is 12.7. The molecule has 0 radical (unpaired) electrons. The van der Waals surface area contributed by atoms with Gasteiger partial charge in [0, 0.05) is 23.2 Å². The molecule has 1 aromatic carbocycles. The van der Waals surface area contributed by atoms with Gasteiger partial charge in [0.05, 0.1) is 0 Å². The van der Waals surface area contributed by atoms with E-state index >= 15 is 0 Å². The topological polar surface area (TPSA) is 32.3 Å². The Hall–Kier alpha value is -0.0900. The molecule has 0 aliphatic heterocycles. The number of benzene rings is 1. The summed E-state index contributed by atoms with van der Waals surface area (Å²) in [4.78, 5) is 0. The van der Waals surface area contributed by atoms with Crippen LogP contribution in [0.25, 0.3) is 0 Å². The molecule has 0 unspecified atom stereocenters. The number of aliphatic hydroxyl groups excluding tert-OH is 1. The van der Waals surface area contributed by atoms with Crippen LogP contribution in [0.5, 0.6) is 0 Å². The molecule has 1 saturated carbocycles. The molecule has 2 N–H and O–H groups in total. The Morgan fingerprint density at radius 1 is 1.29 bits per heavy atom. The van der Waals surface area contributed by atoms with Gasteiger partial charge in [0.1, 0.15) is 0 Å². The monoisotopic (exact) mass is 319 g/mol. The van der Waals surface area contributed by atoms with Crippen LogP contribution in [0.4, 0.5) is 0 Å². The van der Waals surface area contributed by atoms with Crippen molar-refractivity contribution in [1.82, 2.24) is 5.32 Å². The molecule has 0 aromatic heterocycles. The summed E-state index contributed by atoms with van der Waals surface area (Å²) in [5.41, 5.74) is 1.48. The van der Waals surface area contributed by atoms with Crippen molar-refractivity contribution in [3.05, 3.63) is 34.3 Å². The lowest BCUT2D eigenvalue weighted by atomic mass is 9.74. The maximum atomic E-state index is 9.07. The largest absolute Gasteiger partial charge is 0.396 e. The predicted molar refractivity (Wildman–Crippen MR) is 76.5 cm³/mol. The Morgan fingerprint density at radius 2 is 2.00 bits per heavy atom. The molecule has 0 heterocycles. The van der Waals surface area contributed by atoms with E-state index in [1.165, 1.54) is 24.8 Å². The van der Waals surface area contributed by atoms with Crippen molar-refractivity contribution in [2.45, 2.75) is 37.8 Å². The fourth-order valence-electron chi connectivity index (χ4n) is 2.26. The Labute approximate surface area is 117 Å². The molecule has 1 aromatic rings. The summed E-state index contributed by atoms with van der Waals surface area (Å²) < 4.78 is 1.15. The molecule has 4 heteroatoms. The zero-order chi connectivity index (χ0) is 11.4. The normalized spacial score (nSPS) is 17.1. The molecule has 0 saturated heterocycles. The number of hydrogen-bond donors (Lipinski definition) is 2. The van der Waals surface area contributed by atoms with E-state index in [0.29, 0.717) is 0 Å². The van der Waals surface area contributed by atoms with Crippen LogP contribution in [0.15, 0.2) is 28.7 Å². The highest BCUT2D eigenvalue weighted by Crippen LogP contribution is 2.35. The number of nitrogens with one attached hydrogen (secondary N) is 1. The zero-order valence-electron chi connectivity index (χ0n) is 9.79. The predicted octanol–water partition coefficient (Wildman–Crippen LogP) is 3.27. The first-order valence-electron chi connectivity index (χ1n) is 5.85.